The van der Waals surface area contributed by atoms with Crippen LogP contribution in [-0.4, -0.2) is 85.1 Å². The molecular weight excluding hydrogens is 953 g/mol. The van der Waals surface area contributed by atoms with Crippen LogP contribution in [0.3, 0.4) is 0 Å². The molecule has 0 aromatic carbocycles. The maximum absolute atomic E-state index is 7.88. The van der Waals surface area contributed by atoms with Crippen LogP contribution in [0.5, 0.6) is 0 Å². The largest absolute Gasteiger partial charge is 0.436 e. The molecule has 380 valence electrons. The molecule has 0 fully saturated rings. The highest BCUT2D eigenvalue weighted by Crippen LogP contribution is 2.43. The molecule has 0 aliphatic rings. The van der Waals surface area contributed by atoms with Crippen LogP contribution in [0.15, 0.2) is 0 Å². The first kappa shape index (κ1) is 64.8. The molecule has 0 aromatic heterocycles. The monoisotopic (exact) mass is 1060 g/mol. The molecule has 0 saturated carbocycles. The standard InChI is InChI=1S/C44H110O9Si10/c1-23-54(24-2,25-3)45-56(29-7,30-8)47-58(33-11,34-12)49-60(37-15,38-16)51-62(41-19,42-20)53-63(43-21,44-22)52-61(39-17,40-18)50-59(35-13,36-14)48-57(31-9,32-10)46-55(26-4,27-5)28-6/h23-44H2,1-22H3. The second-order valence-electron chi connectivity index (χ2n) is 18.3. The average Bonchev–Trinajstić information content (AvgIpc) is 3.35. The van der Waals surface area contributed by atoms with Gasteiger partial charge in [0, 0.05) is 0 Å². The second kappa shape index (κ2) is 29.2. The Hall–Kier alpha value is 1.81. The van der Waals surface area contributed by atoms with E-state index in [-0.39, 0.29) is 0 Å². The fourth-order valence-corrected chi connectivity index (χ4v) is 68.1. The van der Waals surface area contributed by atoms with Crippen molar-refractivity contribution in [1.82, 2.24) is 0 Å². The van der Waals surface area contributed by atoms with Crippen molar-refractivity contribution in [3.8, 4) is 0 Å². The normalized spacial score (nSPS) is 14.6. The summed E-state index contributed by atoms with van der Waals surface area (Å²) < 4.78 is 69.6. The van der Waals surface area contributed by atoms with Crippen molar-refractivity contribution in [3.63, 3.8) is 0 Å². The van der Waals surface area contributed by atoms with Gasteiger partial charge in [-0.2, -0.15) is 0 Å². The van der Waals surface area contributed by atoms with Gasteiger partial charge >= 0.3 is 68.5 Å². The summed E-state index contributed by atoms with van der Waals surface area (Å²) in [5, 5.41) is 0. The van der Waals surface area contributed by atoms with Gasteiger partial charge in [0.25, 0.3) is 0 Å². The molecule has 0 spiro atoms. The van der Waals surface area contributed by atoms with Gasteiger partial charge in [-0.05, 0) is 133 Å². The first-order chi connectivity index (χ1) is 29.7. The van der Waals surface area contributed by atoms with E-state index in [1.807, 2.05) is 0 Å². The topological polar surface area (TPSA) is 83.1 Å². The Labute approximate surface area is 404 Å². The van der Waals surface area contributed by atoms with Crippen LogP contribution in [-0.2, 0) is 37.0 Å². The summed E-state index contributed by atoms with van der Waals surface area (Å²) in [4.78, 5) is 0. The summed E-state index contributed by atoms with van der Waals surface area (Å²) in [7, 11) is -25.9. The molecule has 0 atom stereocenters. The lowest BCUT2D eigenvalue weighted by Crippen LogP contribution is -2.67. The molecule has 0 saturated heterocycles. The van der Waals surface area contributed by atoms with E-state index in [1.165, 1.54) is 0 Å². The quantitative estimate of drug-likeness (QED) is 0.0557. The Balaban J connectivity index is 7.43. The SMILES string of the molecule is CC[Si](CC)(CC)O[Si](CC)(CC)O[Si](CC)(CC)O[Si](CC)(CC)O[Si](CC)(CC)O[Si](CC)(CC)O[Si](CC)(CC)O[Si](CC)(CC)O[Si](CC)(CC)O[Si](CC)(CC)CC. The van der Waals surface area contributed by atoms with Gasteiger partial charge < -0.3 is 37.0 Å². The molecule has 0 unspecified atom stereocenters. The second-order valence-corrected chi connectivity index (χ2v) is 60.6. The first-order valence-corrected chi connectivity index (χ1v) is 49.9. The van der Waals surface area contributed by atoms with Crippen molar-refractivity contribution >= 4 is 85.1 Å². The van der Waals surface area contributed by atoms with E-state index in [0.717, 1.165) is 133 Å². The smallest absolute Gasteiger partial charge is 0.320 e. The van der Waals surface area contributed by atoms with Crippen LogP contribution >= 0.6 is 0 Å². The van der Waals surface area contributed by atoms with E-state index in [9.17, 15) is 0 Å². The summed E-state index contributed by atoms with van der Waals surface area (Å²) in [6.07, 6.45) is 0. The Morgan fingerprint density at radius 3 is 0.317 bits per heavy atom. The van der Waals surface area contributed by atoms with Gasteiger partial charge in [-0.25, -0.2) is 0 Å². The lowest BCUT2D eigenvalue weighted by molar-refractivity contribution is 0.230. The molecular formula is C44H110O9Si10. The van der Waals surface area contributed by atoms with Gasteiger partial charge in [0.1, 0.15) is 0 Å². The highest BCUT2D eigenvalue weighted by atomic mass is 28.5. The Bertz CT molecular complexity index is 1090. The third-order valence-corrected chi connectivity index (χ3v) is 68.1. The zero-order valence-electron chi connectivity index (χ0n) is 46.2. The highest BCUT2D eigenvalue weighted by Gasteiger charge is 2.59. The predicted molar refractivity (Wildman–Crippen MR) is 298 cm³/mol. The van der Waals surface area contributed by atoms with E-state index in [4.69, 9.17) is 37.0 Å². The zero-order valence-corrected chi connectivity index (χ0v) is 56.2. The Kier molecular flexibility index (Phi) is 30.1. The third kappa shape index (κ3) is 16.4. The fourth-order valence-electron chi connectivity index (χ4n) is 9.57. The van der Waals surface area contributed by atoms with Gasteiger partial charge in [0.2, 0.25) is 0 Å². The van der Waals surface area contributed by atoms with Crippen molar-refractivity contribution < 1.29 is 37.0 Å². The zero-order chi connectivity index (χ0) is 48.9. The molecule has 0 aliphatic heterocycles. The molecule has 0 rings (SSSR count). The summed E-state index contributed by atoms with van der Waals surface area (Å²) in [6.45, 7) is 50.8. The van der Waals surface area contributed by atoms with Crippen LogP contribution in [0, 0.1) is 0 Å². The highest BCUT2D eigenvalue weighted by molar-refractivity contribution is 6.95. The van der Waals surface area contributed by atoms with Gasteiger partial charge in [0.15, 0.2) is 16.6 Å². The molecule has 0 bridgehead atoms. The van der Waals surface area contributed by atoms with Crippen molar-refractivity contribution in [2.45, 2.75) is 285 Å². The third-order valence-electron chi connectivity index (χ3n) is 15.9. The average molecular weight is 1060 g/mol. The molecule has 0 radical (unpaired) electrons. The van der Waals surface area contributed by atoms with Crippen molar-refractivity contribution in [2.24, 2.45) is 0 Å². The fraction of sp³-hybridized carbons (Fsp3) is 1.00. The minimum atomic E-state index is -2.88. The van der Waals surface area contributed by atoms with Crippen LogP contribution in [0.2, 0.25) is 133 Å². The van der Waals surface area contributed by atoms with Crippen LogP contribution in [0.25, 0.3) is 0 Å². The summed E-state index contributed by atoms with van der Waals surface area (Å²) in [6, 6.07) is 21.0. The molecule has 0 heterocycles. The van der Waals surface area contributed by atoms with Gasteiger partial charge in [-0.15, -0.1) is 0 Å². The van der Waals surface area contributed by atoms with E-state index < -0.39 is 85.1 Å². The van der Waals surface area contributed by atoms with Crippen molar-refractivity contribution in [3.05, 3.63) is 0 Å². The van der Waals surface area contributed by atoms with Crippen LogP contribution in [0.1, 0.15) is 152 Å². The van der Waals surface area contributed by atoms with E-state index in [2.05, 4.69) is 152 Å². The molecule has 0 aromatic rings. The number of rotatable bonds is 40. The first-order valence-electron chi connectivity index (χ1n) is 27.0. The summed E-state index contributed by atoms with van der Waals surface area (Å²) in [5.74, 6) is 0. The van der Waals surface area contributed by atoms with Crippen LogP contribution in [0.4, 0.5) is 0 Å². The van der Waals surface area contributed by atoms with E-state index >= 15 is 0 Å². The summed E-state index contributed by atoms with van der Waals surface area (Å²) >= 11 is 0. The van der Waals surface area contributed by atoms with Gasteiger partial charge in [-0.3, -0.25) is 0 Å². The minimum Gasteiger partial charge on any atom is -0.436 e. The Morgan fingerprint density at radius 1 is 0.143 bits per heavy atom. The molecule has 19 heteroatoms. The molecule has 9 nitrogen and oxygen atoms in total. The van der Waals surface area contributed by atoms with Gasteiger partial charge in [-0.1, -0.05) is 152 Å². The van der Waals surface area contributed by atoms with E-state index in [1.54, 1.807) is 0 Å². The van der Waals surface area contributed by atoms with E-state index in [0.29, 0.717) is 0 Å². The maximum atomic E-state index is 7.88. The maximum Gasteiger partial charge on any atom is 0.320 e. The molecule has 63 heavy (non-hydrogen) atoms. The lowest BCUT2D eigenvalue weighted by Gasteiger charge is -2.51. The molecule has 0 N–H and O–H groups in total. The lowest BCUT2D eigenvalue weighted by atomic mass is 10.9. The Morgan fingerprint density at radius 2 is 0.238 bits per heavy atom. The predicted octanol–water partition coefficient (Wildman–Crippen LogP) is 17.0. The number of hydrogen-bond donors (Lipinski definition) is 0. The summed E-state index contributed by atoms with van der Waals surface area (Å²) in [5.41, 5.74) is 0. The molecule has 0 aliphatic carbocycles. The minimum absolute atomic E-state index is 0.854. The van der Waals surface area contributed by atoms with Crippen molar-refractivity contribution in [2.75, 3.05) is 0 Å². The molecule has 0 amide bonds. The van der Waals surface area contributed by atoms with Crippen molar-refractivity contribution in [1.29, 1.82) is 0 Å². The van der Waals surface area contributed by atoms with Crippen LogP contribution < -0.4 is 0 Å². The number of hydrogen-bond acceptors (Lipinski definition) is 9. The van der Waals surface area contributed by atoms with Gasteiger partial charge in [0.05, 0.1) is 0 Å².